The standard InChI is InChI=1S/C16H11N3O6/c20-14-15(21)18(8-9-2-1-3-10(6-9)16(22)23)13-7-11(19(24)25)4-5-12(13)17-14/h1-7H,8H2,(H,17,20)(H,22,23). The van der Waals surface area contributed by atoms with Crippen molar-refractivity contribution in [2.75, 3.05) is 0 Å². The van der Waals surface area contributed by atoms with E-state index >= 15 is 0 Å². The number of benzene rings is 2. The number of carbonyl (C=O) groups is 1. The minimum Gasteiger partial charge on any atom is -0.478 e. The van der Waals surface area contributed by atoms with E-state index in [9.17, 15) is 24.5 Å². The van der Waals surface area contributed by atoms with Gasteiger partial charge in [0.05, 0.1) is 28.1 Å². The third-order valence-electron chi connectivity index (χ3n) is 3.69. The normalized spacial score (nSPS) is 10.7. The second-order valence-electron chi connectivity index (χ2n) is 5.31. The highest BCUT2D eigenvalue weighted by Gasteiger charge is 2.13. The molecule has 1 aromatic heterocycles. The summed E-state index contributed by atoms with van der Waals surface area (Å²) < 4.78 is 1.09. The fourth-order valence-electron chi connectivity index (χ4n) is 2.51. The van der Waals surface area contributed by atoms with E-state index in [0.717, 1.165) is 4.57 Å². The van der Waals surface area contributed by atoms with Gasteiger partial charge < -0.3 is 10.1 Å². The number of nitrogens with zero attached hydrogens (tertiary/aromatic N) is 2. The number of hydrogen-bond donors (Lipinski definition) is 2. The highest BCUT2D eigenvalue weighted by Crippen LogP contribution is 2.18. The third-order valence-corrected chi connectivity index (χ3v) is 3.69. The van der Waals surface area contributed by atoms with Crippen molar-refractivity contribution in [3.8, 4) is 0 Å². The molecule has 0 unspecified atom stereocenters. The Balaban J connectivity index is 2.22. The van der Waals surface area contributed by atoms with Crippen LogP contribution in [0.2, 0.25) is 0 Å². The zero-order valence-electron chi connectivity index (χ0n) is 12.6. The maximum Gasteiger partial charge on any atom is 0.335 e. The molecule has 0 spiro atoms. The summed E-state index contributed by atoms with van der Waals surface area (Å²) in [5, 5.41) is 20.0. The molecule has 0 aliphatic rings. The van der Waals surface area contributed by atoms with Crippen LogP contribution in [0.25, 0.3) is 11.0 Å². The van der Waals surface area contributed by atoms with E-state index in [4.69, 9.17) is 5.11 Å². The maximum absolute atomic E-state index is 12.2. The Morgan fingerprint density at radius 2 is 1.96 bits per heavy atom. The van der Waals surface area contributed by atoms with Gasteiger partial charge in [-0.2, -0.15) is 0 Å². The summed E-state index contributed by atoms with van der Waals surface area (Å²) in [4.78, 5) is 47.8. The molecule has 0 aliphatic carbocycles. The second kappa shape index (κ2) is 6.04. The monoisotopic (exact) mass is 341 g/mol. The van der Waals surface area contributed by atoms with Gasteiger partial charge in [0.25, 0.3) is 5.69 Å². The number of H-pyrrole nitrogens is 1. The molecule has 126 valence electrons. The predicted molar refractivity (Wildman–Crippen MR) is 88.0 cm³/mol. The molecular weight excluding hydrogens is 330 g/mol. The van der Waals surface area contributed by atoms with Gasteiger partial charge in [0.1, 0.15) is 0 Å². The lowest BCUT2D eigenvalue weighted by Crippen LogP contribution is -2.36. The fraction of sp³-hybridized carbons (Fsp3) is 0.0625. The van der Waals surface area contributed by atoms with Crippen LogP contribution >= 0.6 is 0 Å². The summed E-state index contributed by atoms with van der Waals surface area (Å²) >= 11 is 0. The van der Waals surface area contributed by atoms with E-state index in [0.29, 0.717) is 5.56 Å². The predicted octanol–water partition coefficient (Wildman–Crippen LogP) is 1.34. The van der Waals surface area contributed by atoms with Gasteiger partial charge in [0.15, 0.2) is 0 Å². The molecule has 3 rings (SSSR count). The largest absolute Gasteiger partial charge is 0.478 e. The molecule has 2 aromatic carbocycles. The zero-order valence-corrected chi connectivity index (χ0v) is 12.6. The van der Waals surface area contributed by atoms with E-state index in [1.807, 2.05) is 0 Å². The smallest absolute Gasteiger partial charge is 0.335 e. The maximum atomic E-state index is 12.2. The molecular formula is C16H11N3O6. The SMILES string of the molecule is O=C(O)c1cccc(Cn2c(=O)c(=O)[nH]c3ccc([N+](=O)[O-])cc32)c1. The van der Waals surface area contributed by atoms with Crippen LogP contribution in [-0.4, -0.2) is 25.6 Å². The van der Waals surface area contributed by atoms with Crippen molar-refractivity contribution in [3.05, 3.63) is 84.4 Å². The Hall–Kier alpha value is -3.75. The van der Waals surface area contributed by atoms with E-state index < -0.39 is 22.0 Å². The summed E-state index contributed by atoms with van der Waals surface area (Å²) in [6.45, 7) is -0.0957. The average Bonchev–Trinajstić information content (AvgIpc) is 2.58. The van der Waals surface area contributed by atoms with Crippen LogP contribution in [0.3, 0.4) is 0 Å². The third kappa shape index (κ3) is 3.02. The molecule has 2 N–H and O–H groups in total. The zero-order chi connectivity index (χ0) is 18.1. The summed E-state index contributed by atoms with van der Waals surface area (Å²) in [7, 11) is 0. The highest BCUT2D eigenvalue weighted by atomic mass is 16.6. The summed E-state index contributed by atoms with van der Waals surface area (Å²) in [6, 6.07) is 9.64. The fourth-order valence-corrected chi connectivity index (χ4v) is 2.51. The first-order valence-corrected chi connectivity index (χ1v) is 7.10. The summed E-state index contributed by atoms with van der Waals surface area (Å²) in [5.41, 5.74) is -1.02. The van der Waals surface area contributed by atoms with Crippen LogP contribution in [0, 0.1) is 10.1 Å². The number of nitrogens with one attached hydrogen (secondary N) is 1. The summed E-state index contributed by atoms with van der Waals surface area (Å²) in [5.74, 6) is -1.12. The first-order chi connectivity index (χ1) is 11.9. The first-order valence-electron chi connectivity index (χ1n) is 7.10. The van der Waals surface area contributed by atoms with Crippen molar-refractivity contribution in [1.82, 2.24) is 9.55 Å². The number of nitro groups is 1. The number of carboxylic acid groups (broad SMARTS) is 1. The number of carboxylic acids is 1. The van der Waals surface area contributed by atoms with Gasteiger partial charge in [-0.15, -0.1) is 0 Å². The van der Waals surface area contributed by atoms with Crippen molar-refractivity contribution in [1.29, 1.82) is 0 Å². The van der Waals surface area contributed by atoms with Gasteiger partial charge >= 0.3 is 17.1 Å². The molecule has 0 aliphatic heterocycles. The molecule has 0 bridgehead atoms. The minimum atomic E-state index is -1.12. The molecule has 0 atom stereocenters. The number of non-ortho nitro benzene ring substituents is 1. The van der Waals surface area contributed by atoms with Gasteiger partial charge in [-0.25, -0.2) is 4.79 Å². The van der Waals surface area contributed by atoms with E-state index in [2.05, 4.69) is 4.98 Å². The molecule has 25 heavy (non-hydrogen) atoms. The van der Waals surface area contributed by atoms with Crippen molar-refractivity contribution in [3.63, 3.8) is 0 Å². The molecule has 3 aromatic rings. The first kappa shape index (κ1) is 16.1. The summed E-state index contributed by atoms with van der Waals surface area (Å²) in [6.07, 6.45) is 0. The van der Waals surface area contributed by atoms with Crippen molar-refractivity contribution in [2.45, 2.75) is 6.54 Å². The Morgan fingerprint density at radius 1 is 1.20 bits per heavy atom. The molecule has 9 heteroatoms. The van der Waals surface area contributed by atoms with Gasteiger partial charge in [-0.1, -0.05) is 12.1 Å². The molecule has 0 fully saturated rings. The number of fused-ring (bicyclic) bond motifs is 1. The molecule has 0 radical (unpaired) electrons. The number of aromatic carboxylic acids is 1. The Bertz CT molecular complexity index is 1130. The van der Waals surface area contributed by atoms with Gasteiger partial charge in [0.2, 0.25) is 0 Å². The molecule has 0 saturated carbocycles. The lowest BCUT2D eigenvalue weighted by Gasteiger charge is -2.10. The second-order valence-corrected chi connectivity index (χ2v) is 5.31. The quantitative estimate of drug-likeness (QED) is 0.418. The van der Waals surface area contributed by atoms with Gasteiger partial charge in [-0.05, 0) is 23.8 Å². The van der Waals surface area contributed by atoms with E-state index in [-0.39, 0.29) is 28.8 Å². The van der Waals surface area contributed by atoms with Crippen LogP contribution in [0.5, 0.6) is 0 Å². The van der Waals surface area contributed by atoms with Crippen LogP contribution in [0.15, 0.2) is 52.1 Å². The van der Waals surface area contributed by atoms with Crippen LogP contribution in [-0.2, 0) is 6.54 Å². The highest BCUT2D eigenvalue weighted by molar-refractivity contribution is 5.87. The average molecular weight is 341 g/mol. The minimum absolute atomic E-state index is 0.0330. The van der Waals surface area contributed by atoms with Crippen molar-refractivity contribution < 1.29 is 14.8 Å². The van der Waals surface area contributed by atoms with E-state index in [1.165, 1.54) is 36.4 Å². The molecule has 9 nitrogen and oxygen atoms in total. The number of aromatic amines is 1. The number of rotatable bonds is 4. The van der Waals surface area contributed by atoms with Crippen LogP contribution < -0.4 is 11.1 Å². The van der Waals surface area contributed by atoms with Crippen molar-refractivity contribution in [2.24, 2.45) is 0 Å². The molecule has 1 heterocycles. The molecule has 0 saturated heterocycles. The number of aromatic nitrogens is 2. The lowest BCUT2D eigenvalue weighted by atomic mass is 10.1. The van der Waals surface area contributed by atoms with Crippen LogP contribution in [0.1, 0.15) is 15.9 Å². The Morgan fingerprint density at radius 3 is 2.64 bits per heavy atom. The van der Waals surface area contributed by atoms with Crippen molar-refractivity contribution >= 4 is 22.7 Å². The molecule has 0 amide bonds. The number of nitro benzene ring substituents is 1. The van der Waals surface area contributed by atoms with Crippen LogP contribution in [0.4, 0.5) is 5.69 Å². The van der Waals surface area contributed by atoms with E-state index in [1.54, 1.807) is 6.07 Å². The topological polar surface area (TPSA) is 135 Å². The van der Waals surface area contributed by atoms with Gasteiger partial charge in [-0.3, -0.25) is 24.3 Å². The Labute approximate surface area is 138 Å². The lowest BCUT2D eigenvalue weighted by molar-refractivity contribution is -0.384. The Kier molecular flexibility index (Phi) is 3.89. The number of hydrogen-bond acceptors (Lipinski definition) is 5. The van der Waals surface area contributed by atoms with Gasteiger partial charge in [0, 0.05) is 12.1 Å².